The van der Waals surface area contributed by atoms with Gasteiger partial charge in [-0.1, -0.05) is 56.6 Å². The Morgan fingerprint density at radius 3 is 2.10 bits per heavy atom. The second kappa shape index (κ2) is 10.6. The summed E-state index contributed by atoms with van der Waals surface area (Å²) in [4.78, 5) is 35.5. The fourth-order valence-corrected chi connectivity index (χ4v) is 2.62. The Hall–Kier alpha value is -3.06. The van der Waals surface area contributed by atoms with Crippen molar-refractivity contribution in [3.8, 4) is 5.75 Å². The molecule has 0 atom stereocenters. The summed E-state index contributed by atoms with van der Waals surface area (Å²) in [7, 11) is 0. The maximum Gasteiger partial charge on any atom is 0.276 e. The Balaban J connectivity index is 1.66. The van der Waals surface area contributed by atoms with E-state index in [2.05, 4.69) is 36.9 Å². The number of rotatable bonds is 7. The molecule has 2 aromatic carbocycles. The first-order valence-electron chi connectivity index (χ1n) is 9.50. The Morgan fingerprint density at radius 2 is 1.47 bits per heavy atom. The number of ether oxygens (including phenoxy) is 1. The SMILES string of the molecule is CC(C)(C)c1ccc(OCC(=O)NNC(=O)CCC(=O)Nc2ccccc2Cl)cc1. The highest BCUT2D eigenvalue weighted by molar-refractivity contribution is 6.33. The van der Waals surface area contributed by atoms with Crippen molar-refractivity contribution in [2.75, 3.05) is 11.9 Å². The molecule has 8 heteroatoms. The predicted molar refractivity (Wildman–Crippen MR) is 116 cm³/mol. The molecule has 0 heterocycles. The Bertz CT molecular complexity index is 892. The van der Waals surface area contributed by atoms with E-state index in [1.165, 1.54) is 0 Å². The molecule has 0 aliphatic rings. The molecule has 0 saturated carbocycles. The highest BCUT2D eigenvalue weighted by Crippen LogP contribution is 2.24. The van der Waals surface area contributed by atoms with Crippen LogP contribution in [-0.2, 0) is 19.8 Å². The summed E-state index contributed by atoms with van der Waals surface area (Å²) in [5.41, 5.74) is 6.18. The highest BCUT2D eigenvalue weighted by Gasteiger charge is 2.13. The number of hydrogen-bond donors (Lipinski definition) is 3. The number of hydrazine groups is 1. The van der Waals surface area contributed by atoms with E-state index in [0.29, 0.717) is 16.5 Å². The van der Waals surface area contributed by atoms with Crippen molar-refractivity contribution < 1.29 is 19.1 Å². The predicted octanol–water partition coefficient (Wildman–Crippen LogP) is 3.58. The van der Waals surface area contributed by atoms with Crippen LogP contribution < -0.4 is 20.9 Å². The van der Waals surface area contributed by atoms with Gasteiger partial charge in [0, 0.05) is 12.8 Å². The standard InChI is InChI=1S/C22H26ClN3O4/c1-22(2,3)15-8-10-16(11-9-15)30-14-21(29)26-25-20(28)13-12-19(27)24-18-7-5-4-6-17(18)23/h4-11H,12-14H2,1-3H3,(H,24,27)(H,25,28)(H,26,29). The normalized spacial score (nSPS) is 10.8. The average Bonchev–Trinajstić information content (AvgIpc) is 2.70. The Kier molecular flexibility index (Phi) is 8.24. The number of anilines is 1. The van der Waals surface area contributed by atoms with Crippen LogP contribution in [-0.4, -0.2) is 24.3 Å². The summed E-state index contributed by atoms with van der Waals surface area (Å²) in [5, 5.41) is 3.04. The van der Waals surface area contributed by atoms with Gasteiger partial charge in [-0.3, -0.25) is 25.2 Å². The van der Waals surface area contributed by atoms with E-state index in [-0.39, 0.29) is 30.8 Å². The molecule has 7 nitrogen and oxygen atoms in total. The van der Waals surface area contributed by atoms with E-state index >= 15 is 0 Å². The molecule has 0 aliphatic heterocycles. The van der Waals surface area contributed by atoms with Crippen LogP contribution in [0.15, 0.2) is 48.5 Å². The zero-order chi connectivity index (χ0) is 22.1. The van der Waals surface area contributed by atoms with E-state index in [1.807, 2.05) is 12.1 Å². The molecule has 2 aromatic rings. The fourth-order valence-electron chi connectivity index (χ4n) is 2.44. The van der Waals surface area contributed by atoms with Gasteiger partial charge in [0.25, 0.3) is 5.91 Å². The van der Waals surface area contributed by atoms with Crippen molar-refractivity contribution in [2.45, 2.75) is 39.0 Å². The van der Waals surface area contributed by atoms with Gasteiger partial charge in [-0.05, 0) is 35.2 Å². The van der Waals surface area contributed by atoms with Gasteiger partial charge in [0.2, 0.25) is 11.8 Å². The lowest BCUT2D eigenvalue weighted by Gasteiger charge is -2.19. The number of nitrogens with one attached hydrogen (secondary N) is 3. The van der Waals surface area contributed by atoms with Gasteiger partial charge in [-0.15, -0.1) is 0 Å². The van der Waals surface area contributed by atoms with Crippen molar-refractivity contribution in [3.63, 3.8) is 0 Å². The maximum absolute atomic E-state index is 11.9. The second-order valence-electron chi connectivity index (χ2n) is 7.69. The molecule has 30 heavy (non-hydrogen) atoms. The fraction of sp³-hybridized carbons (Fsp3) is 0.318. The highest BCUT2D eigenvalue weighted by atomic mass is 35.5. The van der Waals surface area contributed by atoms with Crippen LogP contribution in [0.3, 0.4) is 0 Å². The van der Waals surface area contributed by atoms with Gasteiger partial charge < -0.3 is 10.1 Å². The number of carbonyl (C=O) groups excluding carboxylic acids is 3. The number of halogens is 1. The number of carbonyl (C=O) groups is 3. The zero-order valence-electron chi connectivity index (χ0n) is 17.3. The molecule has 0 saturated heterocycles. The van der Waals surface area contributed by atoms with Gasteiger partial charge in [0.05, 0.1) is 10.7 Å². The van der Waals surface area contributed by atoms with Crippen LogP contribution in [0, 0.1) is 0 Å². The first kappa shape index (κ1) is 23.2. The smallest absolute Gasteiger partial charge is 0.276 e. The van der Waals surface area contributed by atoms with Crippen molar-refractivity contribution in [3.05, 3.63) is 59.1 Å². The molecule has 0 bridgehead atoms. The summed E-state index contributed by atoms with van der Waals surface area (Å²) in [5.74, 6) is -0.803. The third kappa shape index (κ3) is 7.75. The molecule has 0 fully saturated rings. The molecule has 0 aliphatic carbocycles. The van der Waals surface area contributed by atoms with Crippen LogP contribution in [0.25, 0.3) is 0 Å². The van der Waals surface area contributed by atoms with Crippen LogP contribution in [0.5, 0.6) is 5.75 Å². The Labute approximate surface area is 181 Å². The van der Waals surface area contributed by atoms with Crippen molar-refractivity contribution >= 4 is 35.0 Å². The minimum Gasteiger partial charge on any atom is -0.484 e. The third-order valence-corrected chi connectivity index (χ3v) is 4.49. The molecule has 0 aromatic heterocycles. The van der Waals surface area contributed by atoms with Gasteiger partial charge in [0.15, 0.2) is 6.61 Å². The largest absolute Gasteiger partial charge is 0.484 e. The van der Waals surface area contributed by atoms with Crippen molar-refractivity contribution in [2.24, 2.45) is 0 Å². The van der Waals surface area contributed by atoms with Gasteiger partial charge in [-0.2, -0.15) is 0 Å². The van der Waals surface area contributed by atoms with E-state index in [0.717, 1.165) is 5.56 Å². The number of hydrogen-bond acceptors (Lipinski definition) is 4. The quantitative estimate of drug-likeness (QED) is 0.584. The first-order valence-corrected chi connectivity index (χ1v) is 9.88. The van der Waals surface area contributed by atoms with Gasteiger partial charge >= 0.3 is 0 Å². The Morgan fingerprint density at radius 1 is 0.867 bits per heavy atom. The van der Waals surface area contributed by atoms with E-state index in [1.54, 1.807) is 36.4 Å². The van der Waals surface area contributed by atoms with Crippen LogP contribution >= 0.6 is 11.6 Å². The number of benzene rings is 2. The van der Waals surface area contributed by atoms with E-state index < -0.39 is 11.8 Å². The monoisotopic (exact) mass is 431 g/mol. The summed E-state index contributed by atoms with van der Waals surface area (Å²) in [6, 6.07) is 14.3. The maximum atomic E-state index is 11.9. The van der Waals surface area contributed by atoms with Crippen molar-refractivity contribution in [1.82, 2.24) is 10.9 Å². The minimum atomic E-state index is -0.510. The second-order valence-corrected chi connectivity index (χ2v) is 8.09. The van der Waals surface area contributed by atoms with Crippen LogP contribution in [0.1, 0.15) is 39.2 Å². The van der Waals surface area contributed by atoms with Crippen LogP contribution in [0.2, 0.25) is 5.02 Å². The molecule has 0 radical (unpaired) electrons. The lowest BCUT2D eigenvalue weighted by Crippen LogP contribution is -2.44. The third-order valence-electron chi connectivity index (χ3n) is 4.16. The summed E-state index contributed by atoms with van der Waals surface area (Å²) in [6.07, 6.45) is -0.144. The first-order chi connectivity index (χ1) is 14.1. The molecule has 0 spiro atoms. The minimum absolute atomic E-state index is 0.0322. The number of para-hydroxylation sites is 1. The van der Waals surface area contributed by atoms with Gasteiger partial charge in [-0.25, -0.2) is 0 Å². The lowest BCUT2D eigenvalue weighted by molar-refractivity contribution is -0.130. The number of amides is 3. The zero-order valence-corrected chi connectivity index (χ0v) is 18.0. The molecular weight excluding hydrogens is 406 g/mol. The summed E-state index contributed by atoms with van der Waals surface area (Å²) >= 11 is 5.96. The lowest BCUT2D eigenvalue weighted by atomic mass is 9.87. The molecular formula is C22H26ClN3O4. The van der Waals surface area contributed by atoms with Gasteiger partial charge in [0.1, 0.15) is 5.75 Å². The molecule has 3 amide bonds. The average molecular weight is 432 g/mol. The van der Waals surface area contributed by atoms with Crippen molar-refractivity contribution in [1.29, 1.82) is 0 Å². The molecule has 0 unspecified atom stereocenters. The summed E-state index contributed by atoms with van der Waals surface area (Å²) < 4.78 is 5.40. The molecule has 2 rings (SSSR count). The van der Waals surface area contributed by atoms with Crippen LogP contribution in [0.4, 0.5) is 5.69 Å². The summed E-state index contributed by atoms with van der Waals surface area (Å²) in [6.45, 7) is 6.08. The molecule has 160 valence electrons. The molecule has 3 N–H and O–H groups in total. The van der Waals surface area contributed by atoms with E-state index in [9.17, 15) is 14.4 Å². The van der Waals surface area contributed by atoms with E-state index in [4.69, 9.17) is 16.3 Å². The topological polar surface area (TPSA) is 96.5 Å².